The second kappa shape index (κ2) is 13.0. The predicted molar refractivity (Wildman–Crippen MR) is 173 cm³/mol. The molecule has 2 aliphatic rings. The van der Waals surface area contributed by atoms with Crippen molar-refractivity contribution < 1.29 is 27.5 Å². The first kappa shape index (κ1) is 31.2. The molecule has 5 aromatic rings. The molecule has 4 heterocycles. The minimum Gasteiger partial charge on any atom is -0.439 e. The van der Waals surface area contributed by atoms with Gasteiger partial charge in [-0.25, -0.2) is 22.8 Å². The van der Waals surface area contributed by atoms with Crippen LogP contribution in [0.25, 0.3) is 10.9 Å². The van der Waals surface area contributed by atoms with Crippen molar-refractivity contribution in [1.82, 2.24) is 25.0 Å². The van der Waals surface area contributed by atoms with E-state index in [2.05, 4.69) is 15.5 Å². The number of likely N-dealkylation sites (tertiary alicyclic amines) is 1. The van der Waals surface area contributed by atoms with E-state index in [0.29, 0.717) is 61.4 Å². The van der Waals surface area contributed by atoms with Crippen LogP contribution < -0.4 is 5.32 Å². The molecule has 7 rings (SSSR count). The zero-order valence-electron chi connectivity index (χ0n) is 26.2. The van der Waals surface area contributed by atoms with Crippen molar-refractivity contribution in [2.75, 3.05) is 18.4 Å². The summed E-state index contributed by atoms with van der Waals surface area (Å²) in [6.45, 7) is 3.01. The number of nitrogens with zero attached hydrogens (tertiary/aromatic N) is 4. The maximum absolute atomic E-state index is 14.2. The molecule has 3 amide bonds. The number of para-hydroxylation sites is 1. The van der Waals surface area contributed by atoms with E-state index in [1.165, 1.54) is 18.2 Å². The minimum absolute atomic E-state index is 0.128. The number of hydrogen-bond donors (Lipinski definition) is 2. The predicted octanol–water partition coefficient (Wildman–Crippen LogP) is 7.21. The van der Waals surface area contributed by atoms with E-state index in [1.807, 2.05) is 19.1 Å². The first-order valence-electron chi connectivity index (χ1n) is 15.8. The van der Waals surface area contributed by atoms with Crippen molar-refractivity contribution in [2.24, 2.45) is 0 Å². The number of halogens is 3. The highest BCUT2D eigenvalue weighted by Crippen LogP contribution is 2.31. The van der Waals surface area contributed by atoms with E-state index in [9.17, 15) is 22.8 Å². The molecule has 2 aliphatic heterocycles. The number of urea groups is 1. The number of H-pyrrole nitrogens is 1. The first-order valence-corrected chi connectivity index (χ1v) is 15.8. The van der Waals surface area contributed by atoms with Gasteiger partial charge < -0.3 is 19.9 Å². The number of nitrogens with one attached hydrogen (secondary N) is 2. The number of benzene rings is 3. The largest absolute Gasteiger partial charge is 0.439 e. The van der Waals surface area contributed by atoms with Gasteiger partial charge in [0.05, 0.1) is 23.1 Å². The molecular formula is C36H33F3N6O3. The molecule has 0 aliphatic carbocycles. The lowest BCUT2D eigenvalue weighted by Gasteiger charge is -2.40. The number of amides is 3. The molecule has 2 N–H and O–H groups in total. The number of aromatic nitrogens is 3. The van der Waals surface area contributed by atoms with Gasteiger partial charge >= 0.3 is 12.1 Å². The van der Waals surface area contributed by atoms with Crippen molar-refractivity contribution in [1.29, 1.82) is 0 Å². The van der Waals surface area contributed by atoms with Gasteiger partial charge in [-0.2, -0.15) is 5.10 Å². The normalized spacial score (nSPS) is 15.7. The molecule has 1 fully saturated rings. The highest BCUT2D eigenvalue weighted by Gasteiger charge is 2.34. The van der Waals surface area contributed by atoms with E-state index < -0.39 is 29.6 Å². The van der Waals surface area contributed by atoms with E-state index >= 15 is 0 Å². The molecule has 1 atom stereocenters. The summed E-state index contributed by atoms with van der Waals surface area (Å²) < 4.78 is 48.1. The van der Waals surface area contributed by atoms with Crippen LogP contribution in [-0.2, 0) is 24.1 Å². The van der Waals surface area contributed by atoms with Crippen LogP contribution in [0.1, 0.15) is 52.6 Å². The fourth-order valence-corrected chi connectivity index (χ4v) is 6.67. The summed E-state index contributed by atoms with van der Waals surface area (Å²) in [6, 6.07) is 17.0. The third kappa shape index (κ3) is 6.55. The molecule has 9 nitrogen and oxygen atoms in total. The summed E-state index contributed by atoms with van der Waals surface area (Å²) in [4.78, 5) is 34.6. The van der Waals surface area contributed by atoms with Crippen molar-refractivity contribution in [3.8, 4) is 0 Å². The average molecular weight is 655 g/mol. The number of ether oxygens (including phenoxy) is 1. The van der Waals surface area contributed by atoms with E-state index in [0.717, 1.165) is 28.1 Å². The Hall–Kier alpha value is -5.39. The highest BCUT2D eigenvalue weighted by atomic mass is 19.1. The zero-order valence-corrected chi connectivity index (χ0v) is 26.2. The molecule has 1 unspecified atom stereocenters. The van der Waals surface area contributed by atoms with Gasteiger partial charge in [-0.3, -0.25) is 10.1 Å². The van der Waals surface area contributed by atoms with Crippen LogP contribution in [0.5, 0.6) is 0 Å². The lowest BCUT2D eigenvalue weighted by molar-refractivity contribution is 0.0462. The molecule has 12 heteroatoms. The summed E-state index contributed by atoms with van der Waals surface area (Å²) in [5.41, 5.74) is 5.28. The summed E-state index contributed by atoms with van der Waals surface area (Å²) in [7, 11) is 0. The molecule has 0 radical (unpaired) electrons. The van der Waals surface area contributed by atoms with Crippen LogP contribution in [0.3, 0.4) is 0 Å². The van der Waals surface area contributed by atoms with Crippen LogP contribution in [0.4, 0.5) is 28.4 Å². The number of fused-ring (bicyclic) bond motifs is 2. The van der Waals surface area contributed by atoms with E-state index in [-0.39, 0.29) is 24.2 Å². The van der Waals surface area contributed by atoms with Crippen LogP contribution in [0, 0.1) is 24.4 Å². The molecule has 2 aromatic heterocycles. The molecule has 0 spiro atoms. The number of aromatic amines is 1. The molecule has 48 heavy (non-hydrogen) atoms. The number of carbonyl (C=O) groups excluding carboxylic acids is 2. The van der Waals surface area contributed by atoms with Gasteiger partial charge in [0.2, 0.25) is 0 Å². The van der Waals surface area contributed by atoms with Gasteiger partial charge in [-0.1, -0.05) is 24.3 Å². The van der Waals surface area contributed by atoms with Gasteiger partial charge in [0.25, 0.3) is 0 Å². The molecule has 0 bridgehead atoms. The Labute approximate surface area is 274 Å². The van der Waals surface area contributed by atoms with Gasteiger partial charge in [-0.15, -0.1) is 0 Å². The summed E-state index contributed by atoms with van der Waals surface area (Å²) >= 11 is 0. The van der Waals surface area contributed by atoms with Crippen LogP contribution in [0.2, 0.25) is 0 Å². The summed E-state index contributed by atoms with van der Waals surface area (Å²) in [5, 5.41) is 10.7. The number of rotatable bonds is 7. The summed E-state index contributed by atoms with van der Waals surface area (Å²) in [5.74, 6) is -1.79. The second-order valence-electron chi connectivity index (χ2n) is 12.4. The first-order chi connectivity index (χ1) is 23.2. The Morgan fingerprint density at radius 3 is 2.56 bits per heavy atom. The van der Waals surface area contributed by atoms with Gasteiger partial charge in [0.1, 0.15) is 23.6 Å². The van der Waals surface area contributed by atoms with Gasteiger partial charge in [0, 0.05) is 55.7 Å². The number of pyridine rings is 1. The lowest BCUT2D eigenvalue weighted by Crippen LogP contribution is -2.51. The number of anilines is 1. The van der Waals surface area contributed by atoms with Gasteiger partial charge in [0.15, 0.2) is 0 Å². The van der Waals surface area contributed by atoms with Crippen molar-refractivity contribution in [2.45, 2.75) is 51.3 Å². The third-order valence-corrected chi connectivity index (χ3v) is 9.03. The third-order valence-electron chi connectivity index (χ3n) is 9.03. The number of carbonyl (C=O) groups is 2. The Morgan fingerprint density at radius 1 is 1.00 bits per heavy atom. The van der Waals surface area contributed by atoms with Gasteiger partial charge in [-0.05, 0) is 78.4 Å². The van der Waals surface area contributed by atoms with Crippen molar-refractivity contribution in [3.63, 3.8) is 0 Å². The average Bonchev–Trinajstić information content (AvgIpc) is 3.54. The molecule has 0 saturated carbocycles. The Balaban J connectivity index is 1.08. The monoisotopic (exact) mass is 654 g/mol. The molecule has 1 saturated heterocycles. The fraction of sp³-hybridized carbons (Fsp3) is 0.278. The minimum atomic E-state index is -0.762. The van der Waals surface area contributed by atoms with Crippen molar-refractivity contribution >= 4 is 28.7 Å². The summed E-state index contributed by atoms with van der Waals surface area (Å²) in [6.07, 6.45) is 2.07. The zero-order chi connectivity index (χ0) is 33.4. The molecular weight excluding hydrogens is 621 g/mol. The highest BCUT2D eigenvalue weighted by molar-refractivity contribution is 5.92. The smallest absolute Gasteiger partial charge is 0.410 e. The lowest BCUT2D eigenvalue weighted by atomic mass is 10.00. The number of piperidine rings is 1. The Bertz CT molecular complexity index is 1990. The maximum atomic E-state index is 14.2. The molecule has 3 aromatic carbocycles. The maximum Gasteiger partial charge on any atom is 0.410 e. The second-order valence-corrected chi connectivity index (χ2v) is 12.4. The SMILES string of the molecule is Cc1cc(CC(OC(=O)N2CCC(N3Cc4cccc(F)c4NC3=O)CC2)c2cccc(Cc3cc(F)cc(F)c3)n2)cc2cn[nH]c12. The quantitative estimate of drug-likeness (QED) is 0.193. The fourth-order valence-electron chi connectivity index (χ4n) is 6.67. The number of hydrogen-bond acceptors (Lipinski definition) is 5. The van der Waals surface area contributed by atoms with E-state index in [4.69, 9.17) is 9.72 Å². The van der Waals surface area contributed by atoms with Crippen LogP contribution >= 0.6 is 0 Å². The van der Waals surface area contributed by atoms with Crippen molar-refractivity contribution in [3.05, 3.63) is 124 Å². The van der Waals surface area contributed by atoms with Crippen LogP contribution in [-0.4, -0.2) is 56.2 Å². The van der Waals surface area contributed by atoms with Crippen LogP contribution in [0.15, 0.2) is 72.9 Å². The standard InChI is InChI=1S/C36H33F3N6O3/c1-21-12-22(13-25-19-40-43-33(21)25)17-32(31-7-3-5-28(41-31)16-23-14-26(37)18-27(38)15-23)48-36(47)44-10-8-29(9-11-44)45-20-24-4-2-6-30(39)34(24)42-35(45)46/h2-7,12-15,18-19,29,32H,8-11,16-17,20H2,1H3,(H,40,43)(H,42,46). The Morgan fingerprint density at radius 2 is 1.77 bits per heavy atom. The molecule has 246 valence electrons. The Kier molecular flexibility index (Phi) is 8.47. The van der Waals surface area contributed by atoms with E-state index in [1.54, 1.807) is 46.3 Å². The number of aryl methyl sites for hydroxylation is 1. The topological polar surface area (TPSA) is 103 Å².